The molecule has 0 saturated carbocycles. The second-order valence-corrected chi connectivity index (χ2v) is 5.31. The van der Waals surface area contributed by atoms with Crippen molar-refractivity contribution in [3.05, 3.63) is 64.5 Å². The molecule has 0 N–H and O–H groups in total. The van der Waals surface area contributed by atoms with Gasteiger partial charge in [-0.05, 0) is 46.6 Å². The zero-order valence-corrected chi connectivity index (χ0v) is 12.1. The Kier molecular flexibility index (Phi) is 3.25. The van der Waals surface area contributed by atoms with Crippen LogP contribution in [-0.2, 0) is 6.61 Å². The van der Waals surface area contributed by atoms with E-state index in [0.717, 1.165) is 27.1 Å². The third-order valence-corrected chi connectivity index (χ3v) is 3.40. The van der Waals surface area contributed by atoms with E-state index in [2.05, 4.69) is 20.9 Å². The van der Waals surface area contributed by atoms with Gasteiger partial charge in [-0.25, -0.2) is 4.98 Å². The van der Waals surface area contributed by atoms with Gasteiger partial charge in [-0.3, -0.25) is 0 Å². The molecule has 0 atom stereocenters. The Morgan fingerprint density at radius 3 is 2.84 bits per heavy atom. The van der Waals surface area contributed by atoms with Gasteiger partial charge in [-0.1, -0.05) is 18.2 Å². The summed E-state index contributed by atoms with van der Waals surface area (Å²) >= 11 is 3.45. The van der Waals surface area contributed by atoms with E-state index in [1.54, 1.807) is 0 Å². The van der Waals surface area contributed by atoms with Gasteiger partial charge in [0.05, 0.1) is 5.69 Å². The minimum absolute atomic E-state index is 0.476. The molecule has 3 nitrogen and oxygen atoms in total. The van der Waals surface area contributed by atoms with Crippen LogP contribution in [-0.4, -0.2) is 9.38 Å². The van der Waals surface area contributed by atoms with Crippen LogP contribution in [0.15, 0.2) is 53.3 Å². The highest BCUT2D eigenvalue weighted by atomic mass is 79.9. The van der Waals surface area contributed by atoms with Gasteiger partial charge in [0.25, 0.3) is 0 Å². The molecular weight excluding hydrogens is 304 g/mol. The van der Waals surface area contributed by atoms with Crippen LogP contribution in [0.25, 0.3) is 5.65 Å². The van der Waals surface area contributed by atoms with E-state index in [-0.39, 0.29) is 0 Å². The van der Waals surface area contributed by atoms with Gasteiger partial charge in [0.2, 0.25) is 0 Å². The average molecular weight is 317 g/mol. The van der Waals surface area contributed by atoms with Crippen molar-refractivity contribution in [3.63, 3.8) is 0 Å². The molecule has 0 aliphatic rings. The summed E-state index contributed by atoms with van der Waals surface area (Å²) in [7, 11) is 0. The van der Waals surface area contributed by atoms with Gasteiger partial charge >= 0.3 is 0 Å². The monoisotopic (exact) mass is 316 g/mol. The average Bonchev–Trinajstić information content (AvgIpc) is 2.79. The molecule has 3 aromatic rings. The van der Waals surface area contributed by atoms with Crippen molar-refractivity contribution in [2.24, 2.45) is 0 Å². The standard InChI is InChI=1S/C15H13BrN2O/c1-11-4-2-3-5-14(11)19-10-13-9-18-8-12(16)6-7-15(18)17-13/h2-9H,10H2,1H3. The first-order valence-electron chi connectivity index (χ1n) is 6.04. The molecule has 0 radical (unpaired) electrons. The Bertz CT molecular complexity index is 721. The zero-order valence-electron chi connectivity index (χ0n) is 10.5. The number of hydrogen-bond acceptors (Lipinski definition) is 2. The molecule has 0 aliphatic heterocycles. The van der Waals surface area contributed by atoms with Crippen molar-refractivity contribution < 1.29 is 4.74 Å². The summed E-state index contributed by atoms with van der Waals surface area (Å²) < 4.78 is 8.81. The molecule has 0 unspecified atom stereocenters. The van der Waals surface area contributed by atoms with Crippen LogP contribution in [0.5, 0.6) is 5.75 Å². The fourth-order valence-corrected chi connectivity index (χ4v) is 2.31. The SMILES string of the molecule is Cc1ccccc1OCc1cn2cc(Br)ccc2n1. The van der Waals surface area contributed by atoms with Crippen molar-refractivity contribution in [2.45, 2.75) is 13.5 Å². The third kappa shape index (κ3) is 2.63. The van der Waals surface area contributed by atoms with Crippen LogP contribution < -0.4 is 4.74 Å². The highest BCUT2D eigenvalue weighted by Gasteiger charge is 2.04. The Labute approximate surface area is 120 Å². The Morgan fingerprint density at radius 2 is 2.00 bits per heavy atom. The molecule has 0 saturated heterocycles. The van der Waals surface area contributed by atoms with Crippen LogP contribution in [0.4, 0.5) is 0 Å². The topological polar surface area (TPSA) is 26.5 Å². The number of pyridine rings is 1. The van der Waals surface area contributed by atoms with E-state index in [0.29, 0.717) is 6.61 Å². The predicted molar refractivity (Wildman–Crippen MR) is 78.4 cm³/mol. The summed E-state index contributed by atoms with van der Waals surface area (Å²) in [5.74, 6) is 0.903. The third-order valence-electron chi connectivity index (χ3n) is 2.93. The number of ether oxygens (including phenoxy) is 1. The molecular formula is C15H13BrN2O. The minimum atomic E-state index is 0.476. The second-order valence-electron chi connectivity index (χ2n) is 4.40. The lowest BCUT2D eigenvalue weighted by Crippen LogP contribution is -1.96. The number of aromatic nitrogens is 2. The number of halogens is 1. The first-order chi connectivity index (χ1) is 9.22. The zero-order chi connectivity index (χ0) is 13.2. The van der Waals surface area contributed by atoms with E-state index in [9.17, 15) is 0 Å². The van der Waals surface area contributed by atoms with Gasteiger partial charge in [-0.15, -0.1) is 0 Å². The highest BCUT2D eigenvalue weighted by Crippen LogP contribution is 2.18. The summed E-state index contributed by atoms with van der Waals surface area (Å²) in [5, 5.41) is 0. The maximum Gasteiger partial charge on any atom is 0.137 e. The number of hydrogen-bond donors (Lipinski definition) is 0. The first kappa shape index (κ1) is 12.2. The van der Waals surface area contributed by atoms with Crippen LogP contribution in [0.3, 0.4) is 0 Å². The molecule has 1 aromatic carbocycles. The number of para-hydroxylation sites is 1. The van der Waals surface area contributed by atoms with Gasteiger partial charge < -0.3 is 9.14 Å². The summed E-state index contributed by atoms with van der Waals surface area (Å²) in [6, 6.07) is 11.9. The van der Waals surface area contributed by atoms with E-state index in [4.69, 9.17) is 4.74 Å². The maximum atomic E-state index is 5.80. The predicted octanol–water partition coefficient (Wildman–Crippen LogP) is 3.98. The number of fused-ring (bicyclic) bond motifs is 1. The van der Waals surface area contributed by atoms with Gasteiger partial charge in [0.15, 0.2) is 0 Å². The van der Waals surface area contributed by atoms with E-state index in [1.165, 1.54) is 0 Å². The van der Waals surface area contributed by atoms with Gasteiger partial charge in [0.1, 0.15) is 18.0 Å². The normalized spacial score (nSPS) is 10.8. The maximum absolute atomic E-state index is 5.80. The Morgan fingerprint density at radius 1 is 1.16 bits per heavy atom. The van der Waals surface area contributed by atoms with E-state index < -0.39 is 0 Å². The molecule has 2 aromatic heterocycles. The number of rotatable bonds is 3. The van der Waals surface area contributed by atoms with E-state index >= 15 is 0 Å². The number of nitrogens with zero attached hydrogens (tertiary/aromatic N) is 2. The molecule has 0 spiro atoms. The molecule has 96 valence electrons. The largest absolute Gasteiger partial charge is 0.487 e. The molecule has 2 heterocycles. The molecule has 19 heavy (non-hydrogen) atoms. The van der Waals surface area contributed by atoms with Crippen LogP contribution in [0.1, 0.15) is 11.3 Å². The Balaban J connectivity index is 1.80. The first-order valence-corrected chi connectivity index (χ1v) is 6.83. The smallest absolute Gasteiger partial charge is 0.137 e. The van der Waals surface area contributed by atoms with Crippen LogP contribution in [0.2, 0.25) is 0 Å². The summed E-state index contributed by atoms with van der Waals surface area (Å²) in [4.78, 5) is 4.52. The van der Waals surface area contributed by atoms with Crippen molar-refractivity contribution in [1.82, 2.24) is 9.38 Å². The van der Waals surface area contributed by atoms with Crippen molar-refractivity contribution >= 4 is 21.6 Å². The van der Waals surface area contributed by atoms with Crippen LogP contribution in [0, 0.1) is 6.92 Å². The lowest BCUT2D eigenvalue weighted by atomic mass is 10.2. The van der Waals surface area contributed by atoms with Crippen LogP contribution >= 0.6 is 15.9 Å². The molecule has 0 fully saturated rings. The van der Waals surface area contributed by atoms with Gasteiger partial charge in [0, 0.05) is 16.9 Å². The van der Waals surface area contributed by atoms with Crippen molar-refractivity contribution in [1.29, 1.82) is 0 Å². The lowest BCUT2D eigenvalue weighted by Gasteiger charge is -2.06. The lowest BCUT2D eigenvalue weighted by molar-refractivity contribution is 0.300. The molecule has 0 bridgehead atoms. The fraction of sp³-hybridized carbons (Fsp3) is 0.133. The summed E-state index contributed by atoms with van der Waals surface area (Å²) in [6.45, 7) is 2.51. The highest BCUT2D eigenvalue weighted by molar-refractivity contribution is 9.10. The molecule has 0 aliphatic carbocycles. The van der Waals surface area contributed by atoms with Crippen molar-refractivity contribution in [3.8, 4) is 5.75 Å². The number of imidazole rings is 1. The number of aryl methyl sites for hydroxylation is 1. The summed E-state index contributed by atoms with van der Waals surface area (Å²) in [6.07, 6.45) is 3.97. The number of benzene rings is 1. The fourth-order valence-electron chi connectivity index (χ4n) is 1.96. The van der Waals surface area contributed by atoms with Gasteiger partial charge in [-0.2, -0.15) is 0 Å². The second kappa shape index (κ2) is 5.05. The molecule has 3 rings (SSSR count). The minimum Gasteiger partial charge on any atom is -0.487 e. The molecule has 4 heteroatoms. The summed E-state index contributed by atoms with van der Waals surface area (Å²) in [5.41, 5.74) is 2.97. The van der Waals surface area contributed by atoms with Crippen molar-refractivity contribution in [2.75, 3.05) is 0 Å². The van der Waals surface area contributed by atoms with E-state index in [1.807, 2.05) is 60.1 Å². The Hall–Kier alpha value is -1.81. The quantitative estimate of drug-likeness (QED) is 0.730. The molecule has 0 amide bonds.